The summed E-state index contributed by atoms with van der Waals surface area (Å²) in [6, 6.07) is 4.15. The number of methoxy groups -OCH3 is 2. The molecule has 0 unspecified atom stereocenters. The molecule has 1 amide bonds. The molecule has 2 aromatic rings. The molecule has 152 valence electrons. The van der Waals surface area contributed by atoms with Gasteiger partial charge < -0.3 is 14.8 Å². The standard InChI is InChI=1S/C21H29N3O3S/c1-21(2,3)10-19(25)23-20-22-16(13-28-20)12-24-7-6-14-8-17(26-4)18(27-5)9-15(14)11-24/h8-9,13H,6-7,10-12H2,1-5H3,(H,22,23,25). The van der Waals surface area contributed by atoms with Crippen LogP contribution in [0.25, 0.3) is 0 Å². The van der Waals surface area contributed by atoms with Gasteiger partial charge in [-0.3, -0.25) is 9.69 Å². The van der Waals surface area contributed by atoms with Crippen LogP contribution in [0.2, 0.25) is 0 Å². The lowest BCUT2D eigenvalue weighted by molar-refractivity contribution is -0.117. The summed E-state index contributed by atoms with van der Waals surface area (Å²) in [5.74, 6) is 1.56. The Balaban J connectivity index is 1.62. The molecule has 0 spiro atoms. The molecule has 1 aromatic carbocycles. The van der Waals surface area contributed by atoms with Crippen molar-refractivity contribution in [3.8, 4) is 11.5 Å². The Morgan fingerprint density at radius 2 is 1.89 bits per heavy atom. The predicted octanol–water partition coefficient (Wildman–Crippen LogP) is 4.09. The van der Waals surface area contributed by atoms with Crippen molar-refractivity contribution < 1.29 is 14.3 Å². The van der Waals surface area contributed by atoms with Gasteiger partial charge in [0.25, 0.3) is 0 Å². The van der Waals surface area contributed by atoms with Gasteiger partial charge in [-0.05, 0) is 35.1 Å². The molecule has 1 aliphatic rings. The van der Waals surface area contributed by atoms with Crippen LogP contribution in [0.5, 0.6) is 11.5 Å². The Bertz CT molecular complexity index is 842. The predicted molar refractivity (Wildman–Crippen MR) is 112 cm³/mol. The molecule has 28 heavy (non-hydrogen) atoms. The van der Waals surface area contributed by atoms with E-state index in [0.717, 1.165) is 43.2 Å². The lowest BCUT2D eigenvalue weighted by atomic mass is 9.92. The van der Waals surface area contributed by atoms with Gasteiger partial charge in [-0.2, -0.15) is 0 Å². The molecule has 3 rings (SSSR count). The molecule has 0 saturated heterocycles. The Morgan fingerprint density at radius 3 is 2.54 bits per heavy atom. The number of benzene rings is 1. The fraction of sp³-hybridized carbons (Fsp3) is 0.524. The second-order valence-electron chi connectivity index (χ2n) is 8.37. The van der Waals surface area contributed by atoms with E-state index in [9.17, 15) is 4.79 Å². The van der Waals surface area contributed by atoms with Gasteiger partial charge in [0, 0.05) is 31.4 Å². The fourth-order valence-corrected chi connectivity index (χ4v) is 4.11. The van der Waals surface area contributed by atoms with Crippen molar-refractivity contribution in [1.82, 2.24) is 9.88 Å². The maximum atomic E-state index is 12.1. The second kappa shape index (κ2) is 8.49. The third-order valence-electron chi connectivity index (χ3n) is 4.67. The molecule has 0 atom stereocenters. The van der Waals surface area contributed by atoms with E-state index in [2.05, 4.69) is 48.1 Å². The molecule has 1 aliphatic heterocycles. The highest BCUT2D eigenvalue weighted by molar-refractivity contribution is 7.13. The third-order valence-corrected chi connectivity index (χ3v) is 5.48. The Kier molecular flexibility index (Phi) is 6.25. The number of carbonyl (C=O) groups is 1. The van der Waals surface area contributed by atoms with Gasteiger partial charge in [-0.1, -0.05) is 20.8 Å². The van der Waals surface area contributed by atoms with Crippen molar-refractivity contribution >= 4 is 22.4 Å². The first-order chi connectivity index (χ1) is 13.3. The van der Waals surface area contributed by atoms with Gasteiger partial charge >= 0.3 is 0 Å². The van der Waals surface area contributed by atoms with E-state index >= 15 is 0 Å². The summed E-state index contributed by atoms with van der Waals surface area (Å²) in [6.45, 7) is 8.74. The normalized spacial score (nSPS) is 14.5. The van der Waals surface area contributed by atoms with Gasteiger partial charge in [0.15, 0.2) is 16.6 Å². The highest BCUT2D eigenvalue weighted by Crippen LogP contribution is 2.33. The summed E-state index contributed by atoms with van der Waals surface area (Å²) in [5, 5.41) is 5.62. The summed E-state index contributed by atoms with van der Waals surface area (Å²) >= 11 is 1.48. The van der Waals surface area contributed by atoms with E-state index in [1.54, 1.807) is 14.2 Å². The van der Waals surface area contributed by atoms with Gasteiger partial charge in [-0.15, -0.1) is 11.3 Å². The van der Waals surface area contributed by atoms with Crippen LogP contribution in [0.3, 0.4) is 0 Å². The van der Waals surface area contributed by atoms with Crippen LogP contribution >= 0.6 is 11.3 Å². The third kappa shape index (κ3) is 5.23. The number of aromatic nitrogens is 1. The zero-order chi connectivity index (χ0) is 20.3. The molecule has 0 radical (unpaired) electrons. The minimum Gasteiger partial charge on any atom is -0.493 e. The maximum Gasteiger partial charge on any atom is 0.226 e. The van der Waals surface area contributed by atoms with Crippen molar-refractivity contribution in [1.29, 1.82) is 0 Å². The first kappa shape index (κ1) is 20.6. The molecule has 1 aromatic heterocycles. The average Bonchev–Trinajstić information content (AvgIpc) is 3.05. The first-order valence-electron chi connectivity index (χ1n) is 9.48. The lowest BCUT2D eigenvalue weighted by Crippen LogP contribution is -2.30. The van der Waals surface area contributed by atoms with Gasteiger partial charge in [0.1, 0.15) is 0 Å². The number of nitrogens with zero attached hydrogens (tertiary/aromatic N) is 2. The molecule has 0 saturated carbocycles. The van der Waals surface area contributed by atoms with Gasteiger partial charge in [0.05, 0.1) is 19.9 Å². The highest BCUT2D eigenvalue weighted by Gasteiger charge is 2.21. The number of carbonyl (C=O) groups excluding carboxylic acids is 1. The van der Waals surface area contributed by atoms with Gasteiger partial charge in [-0.25, -0.2) is 4.98 Å². The molecule has 0 aliphatic carbocycles. The largest absolute Gasteiger partial charge is 0.493 e. The topological polar surface area (TPSA) is 63.7 Å². The first-order valence-corrected chi connectivity index (χ1v) is 10.4. The van der Waals surface area contributed by atoms with Crippen LogP contribution in [0.4, 0.5) is 5.13 Å². The molecular weight excluding hydrogens is 374 g/mol. The number of rotatable bonds is 6. The second-order valence-corrected chi connectivity index (χ2v) is 9.22. The summed E-state index contributed by atoms with van der Waals surface area (Å²) in [4.78, 5) is 19.1. The van der Waals surface area contributed by atoms with Crippen molar-refractivity contribution in [3.05, 3.63) is 34.3 Å². The molecule has 7 heteroatoms. The van der Waals surface area contributed by atoms with Crippen LogP contribution < -0.4 is 14.8 Å². The summed E-state index contributed by atoms with van der Waals surface area (Å²) in [5.41, 5.74) is 3.52. The van der Waals surface area contributed by atoms with Crippen LogP contribution in [0, 0.1) is 5.41 Å². The summed E-state index contributed by atoms with van der Waals surface area (Å²) in [6.07, 6.45) is 1.45. The number of fused-ring (bicyclic) bond motifs is 1. The smallest absolute Gasteiger partial charge is 0.226 e. The maximum absolute atomic E-state index is 12.1. The van der Waals surface area contributed by atoms with Crippen molar-refractivity contribution in [2.24, 2.45) is 5.41 Å². The zero-order valence-corrected chi connectivity index (χ0v) is 18.1. The molecular formula is C21H29N3O3S. The Labute approximate surface area is 170 Å². The molecule has 2 heterocycles. The Morgan fingerprint density at radius 1 is 1.21 bits per heavy atom. The molecule has 1 N–H and O–H groups in total. The van der Waals surface area contributed by atoms with E-state index in [0.29, 0.717) is 11.6 Å². The molecule has 0 fully saturated rings. The van der Waals surface area contributed by atoms with Crippen LogP contribution in [-0.2, 0) is 24.3 Å². The van der Waals surface area contributed by atoms with E-state index in [1.807, 2.05) is 5.38 Å². The van der Waals surface area contributed by atoms with Gasteiger partial charge in [0.2, 0.25) is 5.91 Å². The van der Waals surface area contributed by atoms with E-state index < -0.39 is 0 Å². The quantitative estimate of drug-likeness (QED) is 0.787. The van der Waals surface area contributed by atoms with E-state index in [1.165, 1.54) is 22.5 Å². The Hall–Kier alpha value is -2.12. The number of thiazole rings is 1. The van der Waals surface area contributed by atoms with Crippen molar-refractivity contribution in [3.63, 3.8) is 0 Å². The van der Waals surface area contributed by atoms with E-state index in [4.69, 9.17) is 9.47 Å². The minimum atomic E-state index is -0.0326. The van der Waals surface area contributed by atoms with Crippen molar-refractivity contribution in [2.75, 3.05) is 26.1 Å². The number of amides is 1. The number of hydrogen-bond acceptors (Lipinski definition) is 6. The monoisotopic (exact) mass is 403 g/mol. The minimum absolute atomic E-state index is 0.0151. The number of nitrogens with one attached hydrogen (secondary N) is 1. The van der Waals surface area contributed by atoms with Crippen molar-refractivity contribution in [2.45, 2.75) is 46.7 Å². The van der Waals surface area contributed by atoms with Crippen LogP contribution in [0.15, 0.2) is 17.5 Å². The van der Waals surface area contributed by atoms with E-state index in [-0.39, 0.29) is 11.3 Å². The summed E-state index contributed by atoms with van der Waals surface area (Å²) in [7, 11) is 3.33. The highest BCUT2D eigenvalue weighted by atomic mass is 32.1. The number of ether oxygens (including phenoxy) is 2. The lowest BCUT2D eigenvalue weighted by Gasteiger charge is -2.29. The SMILES string of the molecule is COc1cc2c(cc1OC)CN(Cc1csc(NC(=O)CC(C)(C)C)n1)CC2. The fourth-order valence-electron chi connectivity index (χ4n) is 3.39. The number of hydrogen-bond donors (Lipinski definition) is 1. The molecule has 0 bridgehead atoms. The summed E-state index contributed by atoms with van der Waals surface area (Å²) < 4.78 is 10.8. The molecule has 6 nitrogen and oxygen atoms in total. The van der Waals surface area contributed by atoms with Crippen LogP contribution in [0.1, 0.15) is 44.0 Å². The number of anilines is 1. The zero-order valence-electron chi connectivity index (χ0n) is 17.3. The average molecular weight is 404 g/mol. The van der Waals surface area contributed by atoms with Crippen LogP contribution in [-0.4, -0.2) is 36.6 Å².